The standard InChI is InChI=1S/C14H20N2O3/c1-4-7-19-11(3)5-6-16-13(17)8-10(2)12(9-15)14(16)18/h8,11,18H,4-7H2,1-3H3. The quantitative estimate of drug-likeness (QED) is 0.852. The first kappa shape index (κ1) is 15.3. The molecule has 1 N–H and O–H groups in total. The molecular formula is C14H20N2O3. The molecule has 1 atom stereocenters. The largest absolute Gasteiger partial charge is 0.493 e. The third-order valence-corrected chi connectivity index (χ3v) is 2.96. The lowest BCUT2D eigenvalue weighted by Gasteiger charge is -2.15. The van der Waals surface area contributed by atoms with Crippen molar-refractivity contribution in [2.24, 2.45) is 0 Å². The Balaban J connectivity index is 2.85. The van der Waals surface area contributed by atoms with Crippen LogP contribution in [0.25, 0.3) is 0 Å². The van der Waals surface area contributed by atoms with Crippen LogP contribution in [-0.4, -0.2) is 22.4 Å². The van der Waals surface area contributed by atoms with Crippen molar-refractivity contribution >= 4 is 0 Å². The third-order valence-electron chi connectivity index (χ3n) is 2.96. The lowest BCUT2D eigenvalue weighted by molar-refractivity contribution is 0.0572. The zero-order valence-corrected chi connectivity index (χ0v) is 11.6. The predicted molar refractivity (Wildman–Crippen MR) is 72.1 cm³/mol. The summed E-state index contributed by atoms with van der Waals surface area (Å²) >= 11 is 0. The Bertz CT molecular complexity index is 529. The minimum absolute atomic E-state index is 0.0121. The van der Waals surface area contributed by atoms with E-state index >= 15 is 0 Å². The highest BCUT2D eigenvalue weighted by atomic mass is 16.5. The van der Waals surface area contributed by atoms with Crippen molar-refractivity contribution < 1.29 is 9.84 Å². The lowest BCUT2D eigenvalue weighted by Crippen LogP contribution is -2.23. The lowest BCUT2D eigenvalue weighted by atomic mass is 10.1. The third kappa shape index (κ3) is 3.83. The zero-order valence-electron chi connectivity index (χ0n) is 11.6. The second-order valence-corrected chi connectivity index (χ2v) is 4.60. The number of aromatic hydroxyl groups is 1. The maximum absolute atomic E-state index is 11.8. The molecule has 1 rings (SSSR count). The Hall–Kier alpha value is -1.80. The van der Waals surface area contributed by atoms with Gasteiger partial charge < -0.3 is 9.84 Å². The first-order chi connectivity index (χ1) is 9.01. The van der Waals surface area contributed by atoms with Gasteiger partial charge in [-0.3, -0.25) is 9.36 Å². The van der Waals surface area contributed by atoms with Crippen LogP contribution in [-0.2, 0) is 11.3 Å². The van der Waals surface area contributed by atoms with Crippen LogP contribution in [0.15, 0.2) is 10.9 Å². The SMILES string of the molecule is CCCOC(C)CCn1c(O)c(C#N)c(C)cc1=O. The second kappa shape index (κ2) is 6.95. The van der Waals surface area contributed by atoms with Gasteiger partial charge in [-0.1, -0.05) is 6.92 Å². The topological polar surface area (TPSA) is 75.2 Å². The number of pyridine rings is 1. The number of nitriles is 1. The molecule has 0 saturated carbocycles. The fourth-order valence-corrected chi connectivity index (χ4v) is 1.82. The molecule has 0 spiro atoms. The molecule has 0 saturated heterocycles. The monoisotopic (exact) mass is 264 g/mol. The molecule has 0 bridgehead atoms. The van der Waals surface area contributed by atoms with Crippen LogP contribution in [0.1, 0.15) is 37.8 Å². The number of hydrogen-bond donors (Lipinski definition) is 1. The molecule has 19 heavy (non-hydrogen) atoms. The van der Waals surface area contributed by atoms with Crippen molar-refractivity contribution in [2.45, 2.75) is 46.3 Å². The summed E-state index contributed by atoms with van der Waals surface area (Å²) < 4.78 is 6.73. The van der Waals surface area contributed by atoms with E-state index in [9.17, 15) is 9.90 Å². The van der Waals surface area contributed by atoms with Gasteiger partial charge in [0.1, 0.15) is 11.6 Å². The molecule has 1 aromatic rings. The summed E-state index contributed by atoms with van der Waals surface area (Å²) in [5.41, 5.74) is 0.356. The van der Waals surface area contributed by atoms with E-state index in [0.29, 0.717) is 25.1 Å². The molecule has 0 aliphatic rings. The highest BCUT2D eigenvalue weighted by molar-refractivity contribution is 5.43. The van der Waals surface area contributed by atoms with Crippen LogP contribution < -0.4 is 5.56 Å². The molecule has 0 aliphatic heterocycles. The molecule has 0 fully saturated rings. The maximum Gasteiger partial charge on any atom is 0.253 e. The van der Waals surface area contributed by atoms with Crippen LogP contribution in [0.2, 0.25) is 0 Å². The van der Waals surface area contributed by atoms with Crippen LogP contribution in [0.5, 0.6) is 5.88 Å². The van der Waals surface area contributed by atoms with E-state index in [4.69, 9.17) is 10.00 Å². The Morgan fingerprint density at radius 2 is 2.26 bits per heavy atom. The molecule has 1 aromatic heterocycles. The molecule has 0 amide bonds. The van der Waals surface area contributed by atoms with Gasteiger partial charge in [-0.05, 0) is 32.3 Å². The Morgan fingerprint density at radius 3 is 2.84 bits per heavy atom. The van der Waals surface area contributed by atoms with E-state index in [-0.39, 0.29) is 23.1 Å². The highest BCUT2D eigenvalue weighted by Crippen LogP contribution is 2.18. The number of aryl methyl sites for hydroxylation is 1. The number of ether oxygens (including phenoxy) is 1. The number of nitrogens with zero attached hydrogens (tertiary/aromatic N) is 2. The summed E-state index contributed by atoms with van der Waals surface area (Å²) in [6.45, 7) is 6.61. The van der Waals surface area contributed by atoms with Crippen molar-refractivity contribution in [3.05, 3.63) is 27.5 Å². The van der Waals surface area contributed by atoms with Crippen molar-refractivity contribution in [1.82, 2.24) is 4.57 Å². The van der Waals surface area contributed by atoms with Gasteiger partial charge in [0, 0.05) is 19.2 Å². The minimum atomic E-state index is -0.295. The van der Waals surface area contributed by atoms with Gasteiger partial charge in [0.05, 0.1) is 6.10 Å². The fourth-order valence-electron chi connectivity index (χ4n) is 1.82. The molecule has 5 heteroatoms. The summed E-state index contributed by atoms with van der Waals surface area (Å²) in [4.78, 5) is 11.8. The van der Waals surface area contributed by atoms with Gasteiger partial charge in [-0.25, -0.2) is 0 Å². The average Bonchev–Trinajstić information content (AvgIpc) is 2.36. The molecule has 1 heterocycles. The summed E-state index contributed by atoms with van der Waals surface area (Å²) in [7, 11) is 0. The van der Waals surface area contributed by atoms with Crippen molar-refractivity contribution in [2.75, 3.05) is 6.61 Å². The minimum Gasteiger partial charge on any atom is -0.493 e. The van der Waals surface area contributed by atoms with Gasteiger partial charge >= 0.3 is 0 Å². The molecule has 5 nitrogen and oxygen atoms in total. The van der Waals surface area contributed by atoms with Crippen LogP contribution in [0.3, 0.4) is 0 Å². The fraction of sp³-hybridized carbons (Fsp3) is 0.571. The molecule has 0 aromatic carbocycles. The zero-order chi connectivity index (χ0) is 14.4. The predicted octanol–water partition coefficient (Wildman–Crippen LogP) is 1.94. The maximum atomic E-state index is 11.8. The Labute approximate surface area is 113 Å². The van der Waals surface area contributed by atoms with Crippen LogP contribution in [0, 0.1) is 18.3 Å². The smallest absolute Gasteiger partial charge is 0.253 e. The number of aromatic nitrogens is 1. The van der Waals surface area contributed by atoms with Gasteiger partial charge in [-0.15, -0.1) is 0 Å². The summed E-state index contributed by atoms with van der Waals surface area (Å²) in [6.07, 6.45) is 1.57. The number of hydrogen-bond acceptors (Lipinski definition) is 4. The van der Waals surface area contributed by atoms with Crippen molar-refractivity contribution in [1.29, 1.82) is 5.26 Å². The van der Waals surface area contributed by atoms with E-state index in [1.165, 1.54) is 10.6 Å². The van der Waals surface area contributed by atoms with E-state index in [0.717, 1.165) is 6.42 Å². The summed E-state index contributed by atoms with van der Waals surface area (Å²) in [5.74, 6) is -0.254. The second-order valence-electron chi connectivity index (χ2n) is 4.60. The van der Waals surface area contributed by atoms with E-state index in [1.807, 2.05) is 19.9 Å². The van der Waals surface area contributed by atoms with Crippen molar-refractivity contribution in [3.8, 4) is 11.9 Å². The molecule has 0 aliphatic carbocycles. The first-order valence-corrected chi connectivity index (χ1v) is 6.46. The van der Waals surface area contributed by atoms with Gasteiger partial charge in [0.15, 0.2) is 0 Å². The van der Waals surface area contributed by atoms with E-state index < -0.39 is 0 Å². The van der Waals surface area contributed by atoms with Gasteiger partial charge in [-0.2, -0.15) is 5.26 Å². The summed E-state index contributed by atoms with van der Waals surface area (Å²) in [5, 5.41) is 18.9. The van der Waals surface area contributed by atoms with Gasteiger partial charge in [0.2, 0.25) is 5.88 Å². The highest BCUT2D eigenvalue weighted by Gasteiger charge is 2.13. The van der Waals surface area contributed by atoms with Crippen molar-refractivity contribution in [3.63, 3.8) is 0 Å². The van der Waals surface area contributed by atoms with Crippen LogP contribution in [0.4, 0.5) is 0 Å². The molecule has 104 valence electrons. The average molecular weight is 264 g/mol. The van der Waals surface area contributed by atoms with Gasteiger partial charge in [0.25, 0.3) is 5.56 Å². The van der Waals surface area contributed by atoms with E-state index in [1.54, 1.807) is 6.92 Å². The van der Waals surface area contributed by atoms with Crippen LogP contribution >= 0.6 is 0 Å². The number of rotatable bonds is 6. The Kier molecular flexibility index (Phi) is 5.58. The van der Waals surface area contributed by atoms with E-state index in [2.05, 4.69) is 0 Å². The summed E-state index contributed by atoms with van der Waals surface area (Å²) in [6, 6.07) is 3.28. The molecule has 0 radical (unpaired) electrons. The Morgan fingerprint density at radius 1 is 1.58 bits per heavy atom. The molecular weight excluding hydrogens is 244 g/mol. The first-order valence-electron chi connectivity index (χ1n) is 6.46. The molecule has 1 unspecified atom stereocenters. The normalized spacial score (nSPS) is 12.1.